The summed E-state index contributed by atoms with van der Waals surface area (Å²) >= 11 is 0. The maximum Gasteiger partial charge on any atom is 0.135 e. The number of benzene rings is 10. The van der Waals surface area contributed by atoms with Gasteiger partial charge in [-0.05, 0) is 300 Å². The third-order valence-corrected chi connectivity index (χ3v) is 26.1. The van der Waals surface area contributed by atoms with E-state index in [9.17, 15) is 0 Å². The monoisotopic (exact) mass is 1190 g/mol. The van der Waals surface area contributed by atoms with Crippen molar-refractivity contribution in [2.24, 2.45) is 47.3 Å². The molecule has 92 heavy (non-hydrogen) atoms. The lowest BCUT2D eigenvalue weighted by Crippen LogP contribution is -2.26. The van der Waals surface area contributed by atoms with E-state index in [-0.39, 0.29) is 5.41 Å². The molecule has 1 heterocycles. The van der Waals surface area contributed by atoms with Crippen LogP contribution in [0.5, 0.6) is 0 Å². The second-order valence-electron chi connectivity index (χ2n) is 30.6. The molecular weight excluding hydrogens is 1110 g/mol. The summed E-state index contributed by atoms with van der Waals surface area (Å²) in [7, 11) is 0. The Kier molecular flexibility index (Phi) is 12.6. The largest absolute Gasteiger partial charge is 0.456 e. The Labute approximate surface area is 543 Å². The maximum atomic E-state index is 6.17. The Bertz CT molecular complexity index is 4440. The Balaban J connectivity index is 0.000000132. The van der Waals surface area contributed by atoms with E-state index in [2.05, 4.69) is 234 Å². The van der Waals surface area contributed by atoms with Gasteiger partial charge in [-0.3, -0.25) is 0 Å². The summed E-state index contributed by atoms with van der Waals surface area (Å²) in [6, 6.07) is 88.6. The molecule has 0 saturated heterocycles. The fourth-order valence-corrected chi connectivity index (χ4v) is 22.1. The lowest BCUT2D eigenvalue weighted by atomic mass is 9.70. The van der Waals surface area contributed by atoms with E-state index in [0.29, 0.717) is 0 Å². The summed E-state index contributed by atoms with van der Waals surface area (Å²) in [5.74, 6) is 10.4. The summed E-state index contributed by atoms with van der Waals surface area (Å²) in [4.78, 5) is 4.98. The average Bonchev–Trinajstić information content (AvgIpc) is 1.51. The normalized spacial score (nSPS) is 27.4. The molecule has 0 N–H and O–H groups in total. The quantitative estimate of drug-likeness (QED) is 0.136. The Morgan fingerprint density at radius 1 is 0.261 bits per heavy atom. The van der Waals surface area contributed by atoms with Gasteiger partial charge in [-0.1, -0.05) is 171 Å². The Morgan fingerprint density at radius 2 is 0.587 bits per heavy atom. The number of rotatable bonds is 10. The Hall–Kier alpha value is -8.40. The molecule has 12 atom stereocenters. The topological polar surface area (TPSA) is 19.6 Å². The van der Waals surface area contributed by atoms with Crippen LogP contribution in [0, 0.1) is 47.3 Å². The zero-order valence-corrected chi connectivity index (χ0v) is 53.0. The van der Waals surface area contributed by atoms with E-state index in [4.69, 9.17) is 4.42 Å². The van der Waals surface area contributed by atoms with Crippen molar-refractivity contribution in [3.05, 3.63) is 275 Å². The minimum atomic E-state index is -0.349. The number of hydrogen-bond donors (Lipinski definition) is 0. The average molecular weight is 1200 g/mol. The SMILES string of the molecule is c1ccc2c(c1)-c1ccccc1C21c2ccccc2-c2ccc(N(c3ccc(C4CC5CCC4C5)cc3)c3ccc(C4CC5CCC4C5)cc3)cc21.c1ccc2c(c1)oc1ccc(N(c3ccc(C4CC5CCC4C5)cc3)c3ccc(C4CC5CCC4C5)cc3)cc12. The van der Waals surface area contributed by atoms with Crippen LogP contribution in [-0.2, 0) is 5.41 Å². The molecule has 3 nitrogen and oxygen atoms in total. The van der Waals surface area contributed by atoms with Crippen LogP contribution < -0.4 is 9.80 Å². The second-order valence-corrected chi connectivity index (χ2v) is 30.6. The van der Waals surface area contributed by atoms with E-state index in [0.717, 1.165) is 82.2 Å². The fourth-order valence-electron chi connectivity index (χ4n) is 22.1. The summed E-state index contributed by atoms with van der Waals surface area (Å²) in [5, 5.41) is 2.35. The summed E-state index contributed by atoms with van der Waals surface area (Å²) < 4.78 is 6.17. The third kappa shape index (κ3) is 8.51. The van der Waals surface area contributed by atoms with Crippen molar-refractivity contribution in [2.75, 3.05) is 9.80 Å². The fraction of sp³-hybridized carbons (Fsp3) is 0.326. The van der Waals surface area contributed by atoms with Crippen LogP contribution in [0.3, 0.4) is 0 Å². The molecule has 12 unspecified atom stereocenters. The minimum Gasteiger partial charge on any atom is -0.456 e. The van der Waals surface area contributed by atoms with Gasteiger partial charge in [0.25, 0.3) is 0 Å². The molecular formula is C89H82N2O. The van der Waals surface area contributed by atoms with Gasteiger partial charge in [0.05, 0.1) is 5.41 Å². The van der Waals surface area contributed by atoms with Crippen LogP contribution in [0.4, 0.5) is 34.1 Å². The Morgan fingerprint density at radius 3 is 0.967 bits per heavy atom. The predicted octanol–water partition coefficient (Wildman–Crippen LogP) is 24.2. The molecule has 0 amide bonds. The van der Waals surface area contributed by atoms with E-state index >= 15 is 0 Å². The smallest absolute Gasteiger partial charge is 0.135 e. The van der Waals surface area contributed by atoms with Gasteiger partial charge in [-0.2, -0.15) is 0 Å². The molecule has 10 aliphatic rings. The van der Waals surface area contributed by atoms with Crippen LogP contribution in [-0.4, -0.2) is 0 Å². The van der Waals surface area contributed by atoms with E-state index < -0.39 is 0 Å². The summed E-state index contributed by atoms with van der Waals surface area (Å²) in [6.45, 7) is 0. The maximum absolute atomic E-state index is 6.17. The van der Waals surface area contributed by atoms with Crippen LogP contribution in [0.1, 0.15) is 171 Å². The number of fused-ring (bicyclic) bond motifs is 21. The summed E-state index contributed by atoms with van der Waals surface area (Å²) in [6.07, 6.45) is 22.8. The highest BCUT2D eigenvalue weighted by Crippen LogP contribution is 2.64. The van der Waals surface area contributed by atoms with Gasteiger partial charge in [-0.15, -0.1) is 0 Å². The van der Waals surface area contributed by atoms with Crippen molar-refractivity contribution in [3.8, 4) is 22.3 Å². The standard InChI is InChI=1S/C51H45N.C38H37NO/c1-4-10-47-41(7-1)42-8-2-5-11-48(42)51(47)49-12-6-3-9-43(49)44-26-25-40(31-50(44)51)52(38-21-17-34(18-22-38)45-29-32-13-15-36(45)27-32)39-23-19-35(20-24-39)46-30-33-14-16-37(46)28-33;1-2-4-37-33(3-1)36-23-32(17-18-38(36)40-37)39(30-13-9-26(10-14-30)34-21-24-5-7-28(34)19-24)31-15-11-27(12-16-31)35-22-25-6-8-29(35)20-25/h1-12,17-26,31-33,36-37,45-46H,13-16,27-30H2;1-4,9-18,23-25,28-29,34-35H,5-8,19-22H2. The second kappa shape index (κ2) is 21.3. The molecule has 1 spiro atoms. The molecule has 0 aliphatic heterocycles. The molecule has 21 rings (SSSR count). The van der Waals surface area contributed by atoms with Crippen molar-refractivity contribution in [1.82, 2.24) is 0 Å². The number of para-hydroxylation sites is 1. The van der Waals surface area contributed by atoms with Gasteiger partial charge < -0.3 is 14.2 Å². The van der Waals surface area contributed by atoms with Crippen molar-refractivity contribution in [1.29, 1.82) is 0 Å². The number of nitrogens with zero attached hydrogens (tertiary/aromatic N) is 2. The predicted molar refractivity (Wildman–Crippen MR) is 379 cm³/mol. The van der Waals surface area contributed by atoms with Gasteiger partial charge in [0.15, 0.2) is 0 Å². The van der Waals surface area contributed by atoms with E-state index in [1.807, 2.05) is 6.07 Å². The third-order valence-electron chi connectivity index (χ3n) is 26.1. The van der Waals surface area contributed by atoms with Gasteiger partial charge >= 0.3 is 0 Å². The molecule has 8 saturated carbocycles. The lowest BCUT2D eigenvalue weighted by molar-refractivity contribution is 0.420. The highest BCUT2D eigenvalue weighted by atomic mass is 16.3. The molecule has 10 aliphatic carbocycles. The zero-order valence-electron chi connectivity index (χ0n) is 53.0. The van der Waals surface area contributed by atoms with Gasteiger partial charge in [0, 0.05) is 44.9 Å². The van der Waals surface area contributed by atoms with Crippen LogP contribution >= 0.6 is 0 Å². The first-order valence-electron chi connectivity index (χ1n) is 35.9. The van der Waals surface area contributed by atoms with Crippen LogP contribution in [0.2, 0.25) is 0 Å². The minimum absolute atomic E-state index is 0.349. The van der Waals surface area contributed by atoms with Gasteiger partial charge in [-0.25, -0.2) is 0 Å². The molecule has 8 bridgehead atoms. The van der Waals surface area contributed by atoms with Crippen molar-refractivity contribution >= 4 is 56.1 Å². The van der Waals surface area contributed by atoms with Crippen molar-refractivity contribution < 1.29 is 4.42 Å². The molecule has 10 aromatic carbocycles. The van der Waals surface area contributed by atoms with Gasteiger partial charge in [0.1, 0.15) is 11.2 Å². The van der Waals surface area contributed by atoms with Crippen molar-refractivity contribution in [2.45, 2.75) is 132 Å². The lowest BCUT2D eigenvalue weighted by Gasteiger charge is -2.32. The highest BCUT2D eigenvalue weighted by Gasteiger charge is 2.52. The van der Waals surface area contributed by atoms with Crippen LogP contribution in [0.15, 0.2) is 235 Å². The molecule has 1 aromatic heterocycles. The molecule has 3 heteroatoms. The molecule has 11 aromatic rings. The van der Waals surface area contributed by atoms with Crippen LogP contribution in [0.25, 0.3) is 44.2 Å². The molecule has 8 fully saturated rings. The van der Waals surface area contributed by atoms with E-state index in [1.54, 1.807) is 22.3 Å². The first-order valence-corrected chi connectivity index (χ1v) is 35.9. The summed E-state index contributed by atoms with van der Waals surface area (Å²) in [5.41, 5.74) is 26.1. The molecule has 0 radical (unpaired) electrons. The molecule has 454 valence electrons. The van der Waals surface area contributed by atoms with E-state index in [1.165, 1.54) is 192 Å². The number of hydrogen-bond acceptors (Lipinski definition) is 3. The number of anilines is 6. The zero-order chi connectivity index (χ0) is 60.2. The van der Waals surface area contributed by atoms with Gasteiger partial charge in [0.2, 0.25) is 0 Å². The van der Waals surface area contributed by atoms with Crippen molar-refractivity contribution in [3.63, 3.8) is 0 Å². The highest BCUT2D eigenvalue weighted by molar-refractivity contribution is 6.06. The first kappa shape index (κ1) is 54.2. The number of furan rings is 1. The first-order chi connectivity index (χ1) is 45.5.